The second kappa shape index (κ2) is 7.44. The Hall–Kier alpha value is -3.00. The fraction of sp³-hybridized carbons (Fsp3) is 0.259. The molecule has 2 heteroatoms. The summed E-state index contributed by atoms with van der Waals surface area (Å²) in [6.45, 7) is 11.0. The SMILES string of the molecule is Cc1cc(C)c(C)c(-c2ccc3cc(-c4ccc(C(C)C)cn4)ccc3[n+]2C)c1. The van der Waals surface area contributed by atoms with Crippen LogP contribution < -0.4 is 4.57 Å². The van der Waals surface area contributed by atoms with E-state index in [4.69, 9.17) is 0 Å². The molecule has 0 atom stereocenters. The molecular weight excluding hydrogens is 352 g/mol. The van der Waals surface area contributed by atoms with Gasteiger partial charge in [-0.3, -0.25) is 4.98 Å². The van der Waals surface area contributed by atoms with Crippen LogP contribution in [0.15, 0.2) is 60.8 Å². The third-order valence-corrected chi connectivity index (χ3v) is 6.01. The zero-order chi connectivity index (χ0) is 20.7. The van der Waals surface area contributed by atoms with Crippen molar-refractivity contribution < 1.29 is 4.57 Å². The lowest BCUT2D eigenvalue weighted by Gasteiger charge is -2.11. The van der Waals surface area contributed by atoms with Gasteiger partial charge < -0.3 is 0 Å². The summed E-state index contributed by atoms with van der Waals surface area (Å²) in [5, 5.41) is 1.23. The topological polar surface area (TPSA) is 16.8 Å². The lowest BCUT2D eigenvalue weighted by atomic mass is 9.96. The van der Waals surface area contributed by atoms with E-state index in [1.807, 2.05) is 6.20 Å². The molecule has 4 rings (SSSR count). The highest BCUT2D eigenvalue weighted by Gasteiger charge is 2.17. The standard InChI is InChI=1S/C27H29N2/c1-17(2)23-7-10-25(28-16-23)21-8-11-26-22(15-21)9-12-27(29(26)6)24-14-18(3)13-19(4)20(24)5/h7-17H,1-6H3/q+1. The minimum absolute atomic E-state index is 0.499. The third-order valence-electron chi connectivity index (χ3n) is 6.01. The van der Waals surface area contributed by atoms with Gasteiger partial charge in [0, 0.05) is 34.8 Å². The fourth-order valence-electron chi connectivity index (χ4n) is 4.06. The van der Waals surface area contributed by atoms with E-state index in [0.29, 0.717) is 5.92 Å². The Kier molecular flexibility index (Phi) is 4.96. The number of pyridine rings is 2. The number of hydrogen-bond acceptors (Lipinski definition) is 1. The molecule has 2 nitrogen and oxygen atoms in total. The van der Waals surface area contributed by atoms with Gasteiger partial charge in [-0.15, -0.1) is 0 Å². The molecule has 2 aromatic carbocycles. The monoisotopic (exact) mass is 381 g/mol. The van der Waals surface area contributed by atoms with Gasteiger partial charge in [-0.05, 0) is 73.7 Å². The van der Waals surface area contributed by atoms with Crippen molar-refractivity contribution in [1.29, 1.82) is 0 Å². The molecule has 2 aromatic heterocycles. The van der Waals surface area contributed by atoms with Crippen LogP contribution in [0.4, 0.5) is 0 Å². The van der Waals surface area contributed by atoms with Gasteiger partial charge in [0.25, 0.3) is 0 Å². The molecule has 0 spiro atoms. The van der Waals surface area contributed by atoms with Crippen molar-refractivity contribution in [3.63, 3.8) is 0 Å². The molecular formula is C27H29N2+. The predicted molar refractivity (Wildman–Crippen MR) is 122 cm³/mol. The number of benzene rings is 2. The minimum atomic E-state index is 0.499. The maximum Gasteiger partial charge on any atom is 0.213 e. The molecule has 146 valence electrons. The van der Waals surface area contributed by atoms with E-state index in [-0.39, 0.29) is 0 Å². The summed E-state index contributed by atoms with van der Waals surface area (Å²) in [6, 6.07) is 20.0. The summed E-state index contributed by atoms with van der Waals surface area (Å²) >= 11 is 0. The van der Waals surface area contributed by atoms with Crippen LogP contribution >= 0.6 is 0 Å². The highest BCUT2D eigenvalue weighted by atomic mass is 14.9. The first-order valence-electron chi connectivity index (χ1n) is 10.3. The zero-order valence-electron chi connectivity index (χ0n) is 18.2. The highest BCUT2D eigenvalue weighted by molar-refractivity contribution is 5.83. The normalized spacial score (nSPS) is 11.4. The van der Waals surface area contributed by atoms with Crippen LogP contribution in [-0.4, -0.2) is 4.98 Å². The van der Waals surface area contributed by atoms with E-state index in [2.05, 4.69) is 106 Å². The molecule has 0 N–H and O–H groups in total. The molecule has 0 amide bonds. The Morgan fingerprint density at radius 1 is 0.862 bits per heavy atom. The lowest BCUT2D eigenvalue weighted by molar-refractivity contribution is -0.633. The Morgan fingerprint density at radius 3 is 2.34 bits per heavy atom. The summed E-state index contributed by atoms with van der Waals surface area (Å²) in [7, 11) is 2.16. The van der Waals surface area contributed by atoms with Crippen LogP contribution in [0.1, 0.15) is 42.0 Å². The molecule has 0 aliphatic heterocycles. The first-order chi connectivity index (χ1) is 13.8. The summed E-state index contributed by atoms with van der Waals surface area (Å²) in [6.07, 6.45) is 2.00. The first kappa shape index (κ1) is 19.3. The van der Waals surface area contributed by atoms with Crippen LogP contribution in [0.3, 0.4) is 0 Å². The molecule has 0 saturated carbocycles. The van der Waals surface area contributed by atoms with Crippen molar-refractivity contribution in [2.75, 3.05) is 0 Å². The van der Waals surface area contributed by atoms with Gasteiger partial charge >= 0.3 is 0 Å². The summed E-state index contributed by atoms with van der Waals surface area (Å²) in [4.78, 5) is 4.69. The van der Waals surface area contributed by atoms with Crippen LogP contribution in [0.25, 0.3) is 33.4 Å². The minimum Gasteiger partial charge on any atom is -0.256 e. The number of fused-ring (bicyclic) bond motifs is 1. The van der Waals surface area contributed by atoms with Crippen molar-refractivity contribution in [3.8, 4) is 22.5 Å². The van der Waals surface area contributed by atoms with Gasteiger partial charge in [0.2, 0.25) is 11.2 Å². The Balaban J connectivity index is 1.80. The second-order valence-corrected chi connectivity index (χ2v) is 8.44. The molecule has 0 radical (unpaired) electrons. The number of rotatable bonds is 3. The summed E-state index contributed by atoms with van der Waals surface area (Å²) in [5.41, 5.74) is 11.2. The number of hydrogen-bond donors (Lipinski definition) is 0. The Morgan fingerprint density at radius 2 is 1.66 bits per heavy atom. The first-order valence-corrected chi connectivity index (χ1v) is 10.3. The van der Waals surface area contributed by atoms with Crippen molar-refractivity contribution in [2.45, 2.75) is 40.5 Å². The van der Waals surface area contributed by atoms with E-state index in [1.165, 1.54) is 44.4 Å². The molecule has 0 fully saturated rings. The van der Waals surface area contributed by atoms with Crippen LogP contribution in [-0.2, 0) is 7.05 Å². The largest absolute Gasteiger partial charge is 0.256 e. The average Bonchev–Trinajstić information content (AvgIpc) is 2.71. The maximum absolute atomic E-state index is 4.69. The maximum atomic E-state index is 4.69. The smallest absolute Gasteiger partial charge is 0.213 e. The van der Waals surface area contributed by atoms with Gasteiger partial charge in [0.15, 0.2) is 0 Å². The third kappa shape index (κ3) is 3.55. The van der Waals surface area contributed by atoms with Crippen molar-refractivity contribution in [3.05, 3.63) is 83.0 Å². The molecule has 29 heavy (non-hydrogen) atoms. The van der Waals surface area contributed by atoms with Crippen LogP contribution in [0, 0.1) is 20.8 Å². The zero-order valence-corrected chi connectivity index (χ0v) is 18.2. The number of aromatic nitrogens is 2. The van der Waals surface area contributed by atoms with E-state index >= 15 is 0 Å². The molecule has 0 aliphatic carbocycles. The lowest BCUT2D eigenvalue weighted by Crippen LogP contribution is -2.32. The van der Waals surface area contributed by atoms with Gasteiger partial charge in [0.1, 0.15) is 7.05 Å². The van der Waals surface area contributed by atoms with Crippen molar-refractivity contribution in [2.24, 2.45) is 7.05 Å². The van der Waals surface area contributed by atoms with E-state index in [9.17, 15) is 0 Å². The van der Waals surface area contributed by atoms with E-state index in [1.54, 1.807) is 0 Å². The second-order valence-electron chi connectivity index (χ2n) is 8.44. The summed E-state index contributed by atoms with van der Waals surface area (Å²) in [5.74, 6) is 0.499. The van der Waals surface area contributed by atoms with Gasteiger partial charge in [-0.1, -0.05) is 31.5 Å². The van der Waals surface area contributed by atoms with Gasteiger partial charge in [-0.25, -0.2) is 0 Å². The fourth-order valence-corrected chi connectivity index (χ4v) is 4.06. The Labute approximate surface area is 173 Å². The molecule has 0 unspecified atom stereocenters. The van der Waals surface area contributed by atoms with E-state index < -0.39 is 0 Å². The van der Waals surface area contributed by atoms with Crippen molar-refractivity contribution in [1.82, 2.24) is 4.98 Å². The van der Waals surface area contributed by atoms with Crippen molar-refractivity contribution >= 4 is 10.9 Å². The van der Waals surface area contributed by atoms with Gasteiger partial charge in [0.05, 0.1) is 5.69 Å². The highest BCUT2D eigenvalue weighted by Crippen LogP contribution is 2.28. The average molecular weight is 382 g/mol. The quantitative estimate of drug-likeness (QED) is 0.373. The van der Waals surface area contributed by atoms with Crippen LogP contribution in [0.5, 0.6) is 0 Å². The molecule has 0 bridgehead atoms. The number of aryl methyl sites for hydroxylation is 3. The van der Waals surface area contributed by atoms with Gasteiger partial charge in [-0.2, -0.15) is 4.57 Å². The Bertz CT molecular complexity index is 1200. The van der Waals surface area contributed by atoms with Crippen LogP contribution in [0.2, 0.25) is 0 Å². The summed E-state index contributed by atoms with van der Waals surface area (Å²) < 4.78 is 2.30. The molecule has 0 saturated heterocycles. The predicted octanol–water partition coefficient (Wildman–Crippen LogP) is 6.44. The number of nitrogens with zero attached hydrogens (tertiary/aromatic N) is 2. The molecule has 0 aliphatic rings. The molecule has 4 aromatic rings. The molecule has 2 heterocycles. The van der Waals surface area contributed by atoms with E-state index in [0.717, 1.165) is 11.3 Å².